The van der Waals surface area contributed by atoms with E-state index in [2.05, 4.69) is 10.6 Å². The summed E-state index contributed by atoms with van der Waals surface area (Å²) in [6.07, 6.45) is 1.41. The Morgan fingerprint density at radius 1 is 1.29 bits per heavy atom. The zero-order chi connectivity index (χ0) is 12.5. The molecule has 0 aromatic carbocycles. The van der Waals surface area contributed by atoms with Crippen molar-refractivity contribution in [2.45, 2.75) is 12.8 Å². The SMILES string of the molecule is O=C(CNC(=O)c1cccs1)NCCCCO. The van der Waals surface area contributed by atoms with Crippen LogP contribution in [-0.4, -0.2) is 36.6 Å². The first-order valence-electron chi connectivity index (χ1n) is 5.43. The van der Waals surface area contributed by atoms with E-state index in [0.717, 1.165) is 6.42 Å². The molecule has 0 saturated heterocycles. The zero-order valence-electron chi connectivity index (χ0n) is 9.44. The standard InChI is InChI=1S/C11H16N2O3S/c14-6-2-1-5-12-10(15)8-13-11(16)9-4-3-7-17-9/h3-4,7,14H,1-2,5-6,8H2,(H,12,15)(H,13,16). The molecule has 0 unspecified atom stereocenters. The van der Waals surface area contributed by atoms with Crippen LogP contribution < -0.4 is 10.6 Å². The molecule has 0 atom stereocenters. The lowest BCUT2D eigenvalue weighted by Crippen LogP contribution is -2.37. The molecular weight excluding hydrogens is 240 g/mol. The molecule has 2 amide bonds. The Hall–Kier alpha value is -1.40. The molecule has 0 aliphatic rings. The minimum Gasteiger partial charge on any atom is -0.396 e. The van der Waals surface area contributed by atoms with Crippen molar-refractivity contribution in [1.29, 1.82) is 0 Å². The molecule has 1 rings (SSSR count). The van der Waals surface area contributed by atoms with Crippen molar-refractivity contribution in [2.75, 3.05) is 19.7 Å². The highest BCUT2D eigenvalue weighted by atomic mass is 32.1. The summed E-state index contributed by atoms with van der Waals surface area (Å²) in [6, 6.07) is 3.49. The Balaban J connectivity index is 2.13. The zero-order valence-corrected chi connectivity index (χ0v) is 10.3. The number of aliphatic hydroxyl groups excluding tert-OH is 1. The quantitative estimate of drug-likeness (QED) is 0.617. The molecule has 17 heavy (non-hydrogen) atoms. The van der Waals surface area contributed by atoms with Gasteiger partial charge in [0.15, 0.2) is 0 Å². The fraction of sp³-hybridized carbons (Fsp3) is 0.455. The van der Waals surface area contributed by atoms with Crippen LogP contribution in [0.2, 0.25) is 0 Å². The van der Waals surface area contributed by atoms with E-state index in [1.54, 1.807) is 12.1 Å². The number of carbonyl (C=O) groups excluding carboxylic acids is 2. The van der Waals surface area contributed by atoms with Crippen molar-refractivity contribution in [1.82, 2.24) is 10.6 Å². The van der Waals surface area contributed by atoms with E-state index in [1.165, 1.54) is 11.3 Å². The van der Waals surface area contributed by atoms with Gasteiger partial charge in [-0.3, -0.25) is 9.59 Å². The predicted molar refractivity (Wildman–Crippen MR) is 66.0 cm³/mol. The van der Waals surface area contributed by atoms with Gasteiger partial charge in [-0.1, -0.05) is 6.07 Å². The molecule has 0 spiro atoms. The second-order valence-electron chi connectivity index (χ2n) is 3.44. The van der Waals surface area contributed by atoms with Gasteiger partial charge >= 0.3 is 0 Å². The molecule has 0 saturated carbocycles. The molecular formula is C11H16N2O3S. The van der Waals surface area contributed by atoms with E-state index in [9.17, 15) is 9.59 Å². The molecule has 5 nitrogen and oxygen atoms in total. The van der Waals surface area contributed by atoms with Crippen LogP contribution in [0.1, 0.15) is 22.5 Å². The van der Waals surface area contributed by atoms with Crippen LogP contribution >= 0.6 is 11.3 Å². The van der Waals surface area contributed by atoms with Crippen LogP contribution in [-0.2, 0) is 4.79 Å². The summed E-state index contributed by atoms with van der Waals surface area (Å²) in [5, 5.41) is 15.5. The minimum atomic E-state index is -0.231. The largest absolute Gasteiger partial charge is 0.396 e. The number of carbonyl (C=O) groups is 2. The highest BCUT2D eigenvalue weighted by Gasteiger charge is 2.07. The molecule has 1 heterocycles. The Morgan fingerprint density at radius 2 is 2.12 bits per heavy atom. The van der Waals surface area contributed by atoms with Crippen LogP contribution in [0.5, 0.6) is 0 Å². The second-order valence-corrected chi connectivity index (χ2v) is 4.39. The van der Waals surface area contributed by atoms with Gasteiger partial charge < -0.3 is 15.7 Å². The third kappa shape index (κ3) is 5.46. The maximum atomic E-state index is 11.5. The molecule has 3 N–H and O–H groups in total. The fourth-order valence-electron chi connectivity index (χ4n) is 1.18. The van der Waals surface area contributed by atoms with Gasteiger partial charge in [-0.2, -0.15) is 0 Å². The van der Waals surface area contributed by atoms with Crippen LogP contribution in [0.15, 0.2) is 17.5 Å². The maximum absolute atomic E-state index is 11.5. The van der Waals surface area contributed by atoms with E-state index in [1.807, 2.05) is 5.38 Å². The van der Waals surface area contributed by atoms with Gasteiger partial charge in [0.05, 0.1) is 11.4 Å². The van der Waals surface area contributed by atoms with Crippen molar-refractivity contribution < 1.29 is 14.7 Å². The summed E-state index contributed by atoms with van der Waals surface area (Å²) in [4.78, 5) is 23.4. The van der Waals surface area contributed by atoms with E-state index in [-0.39, 0.29) is 25.0 Å². The number of thiophene rings is 1. The first kappa shape index (κ1) is 13.7. The molecule has 1 aromatic heterocycles. The number of nitrogens with one attached hydrogen (secondary N) is 2. The average Bonchev–Trinajstić information content (AvgIpc) is 2.85. The second kappa shape index (κ2) is 7.81. The summed E-state index contributed by atoms with van der Waals surface area (Å²) in [5.41, 5.74) is 0. The summed E-state index contributed by atoms with van der Waals surface area (Å²) < 4.78 is 0. The molecule has 0 fully saturated rings. The van der Waals surface area contributed by atoms with Gasteiger partial charge in [0.1, 0.15) is 0 Å². The molecule has 1 aromatic rings. The Labute approximate surface area is 104 Å². The summed E-state index contributed by atoms with van der Waals surface area (Å²) in [5.74, 6) is -0.446. The summed E-state index contributed by atoms with van der Waals surface area (Å²) in [7, 11) is 0. The lowest BCUT2D eigenvalue weighted by atomic mass is 10.3. The monoisotopic (exact) mass is 256 g/mol. The van der Waals surface area contributed by atoms with E-state index in [4.69, 9.17) is 5.11 Å². The van der Waals surface area contributed by atoms with Gasteiger partial charge in [0.2, 0.25) is 5.91 Å². The van der Waals surface area contributed by atoms with Gasteiger partial charge in [-0.25, -0.2) is 0 Å². The number of aliphatic hydroxyl groups is 1. The van der Waals surface area contributed by atoms with Crippen molar-refractivity contribution in [3.8, 4) is 0 Å². The average molecular weight is 256 g/mol. The first-order chi connectivity index (χ1) is 8.24. The van der Waals surface area contributed by atoms with Crippen molar-refractivity contribution in [3.63, 3.8) is 0 Å². The third-order valence-electron chi connectivity index (χ3n) is 2.06. The number of amides is 2. The van der Waals surface area contributed by atoms with E-state index >= 15 is 0 Å². The Bertz CT molecular complexity index is 352. The Morgan fingerprint density at radius 3 is 2.76 bits per heavy atom. The number of unbranched alkanes of at least 4 members (excludes halogenated alkanes) is 1. The molecule has 94 valence electrons. The van der Waals surface area contributed by atoms with Crippen molar-refractivity contribution in [3.05, 3.63) is 22.4 Å². The number of rotatable bonds is 7. The van der Waals surface area contributed by atoms with E-state index in [0.29, 0.717) is 17.8 Å². The van der Waals surface area contributed by atoms with Crippen LogP contribution in [0.25, 0.3) is 0 Å². The van der Waals surface area contributed by atoms with Gasteiger partial charge in [-0.15, -0.1) is 11.3 Å². The lowest BCUT2D eigenvalue weighted by molar-refractivity contribution is -0.120. The highest BCUT2D eigenvalue weighted by molar-refractivity contribution is 7.12. The van der Waals surface area contributed by atoms with Crippen LogP contribution in [0.3, 0.4) is 0 Å². The third-order valence-corrected chi connectivity index (χ3v) is 2.93. The number of hydrogen-bond acceptors (Lipinski definition) is 4. The van der Waals surface area contributed by atoms with Crippen LogP contribution in [0, 0.1) is 0 Å². The molecule has 6 heteroatoms. The van der Waals surface area contributed by atoms with Crippen LogP contribution in [0.4, 0.5) is 0 Å². The maximum Gasteiger partial charge on any atom is 0.261 e. The molecule has 0 bridgehead atoms. The minimum absolute atomic E-state index is 0.0180. The topological polar surface area (TPSA) is 78.4 Å². The fourth-order valence-corrected chi connectivity index (χ4v) is 1.82. The normalized spacial score (nSPS) is 9.94. The summed E-state index contributed by atoms with van der Waals surface area (Å²) >= 11 is 1.34. The number of hydrogen-bond donors (Lipinski definition) is 3. The molecule has 0 radical (unpaired) electrons. The van der Waals surface area contributed by atoms with Crippen molar-refractivity contribution in [2.24, 2.45) is 0 Å². The lowest BCUT2D eigenvalue weighted by Gasteiger charge is -2.05. The van der Waals surface area contributed by atoms with E-state index < -0.39 is 0 Å². The molecule has 0 aliphatic heterocycles. The van der Waals surface area contributed by atoms with Gasteiger partial charge in [0, 0.05) is 13.2 Å². The smallest absolute Gasteiger partial charge is 0.261 e. The predicted octanol–water partition coefficient (Wildman–Crippen LogP) is 0.367. The highest BCUT2D eigenvalue weighted by Crippen LogP contribution is 2.07. The van der Waals surface area contributed by atoms with Gasteiger partial charge in [-0.05, 0) is 24.3 Å². The van der Waals surface area contributed by atoms with Gasteiger partial charge in [0.25, 0.3) is 5.91 Å². The summed E-state index contributed by atoms with van der Waals surface area (Å²) in [6.45, 7) is 0.634. The molecule has 0 aliphatic carbocycles. The first-order valence-corrected chi connectivity index (χ1v) is 6.31. The van der Waals surface area contributed by atoms with Crippen molar-refractivity contribution >= 4 is 23.2 Å². The Kier molecular flexibility index (Phi) is 6.27.